The van der Waals surface area contributed by atoms with Gasteiger partial charge in [0.05, 0.1) is 6.10 Å². The number of aryl methyl sites for hydroxylation is 1. The van der Waals surface area contributed by atoms with E-state index in [1.54, 1.807) is 7.11 Å². The summed E-state index contributed by atoms with van der Waals surface area (Å²) in [4.78, 5) is 4.81. The van der Waals surface area contributed by atoms with E-state index in [-0.39, 0.29) is 12.7 Å². The monoisotopic (exact) mass is 474 g/mol. The maximum atomic E-state index is 10.7. The molecule has 1 aliphatic heterocycles. The molecule has 0 bridgehead atoms. The van der Waals surface area contributed by atoms with Crippen molar-refractivity contribution in [1.29, 1.82) is 0 Å². The van der Waals surface area contributed by atoms with Crippen molar-refractivity contribution < 1.29 is 14.6 Å². The number of hydrogen-bond acceptors (Lipinski definition) is 5. The highest BCUT2D eigenvalue weighted by Gasteiger charge is 2.21. The molecule has 0 aromatic heterocycles. The second-order valence-corrected chi connectivity index (χ2v) is 9.31. The van der Waals surface area contributed by atoms with Gasteiger partial charge >= 0.3 is 0 Å². The lowest BCUT2D eigenvalue weighted by atomic mass is 10.0. The number of methoxy groups -OCH3 is 1. The summed E-state index contributed by atoms with van der Waals surface area (Å²) in [5, 5.41) is 10.7. The molecular weight excluding hydrogens is 436 g/mol. The van der Waals surface area contributed by atoms with Gasteiger partial charge in [0, 0.05) is 51.9 Å². The third kappa shape index (κ3) is 7.91. The molecule has 1 heterocycles. The first-order valence-corrected chi connectivity index (χ1v) is 12.7. The minimum Gasteiger partial charge on any atom is -0.490 e. The lowest BCUT2D eigenvalue weighted by molar-refractivity contribution is 0.0425. The second-order valence-electron chi connectivity index (χ2n) is 9.31. The van der Waals surface area contributed by atoms with Crippen LogP contribution in [0.1, 0.15) is 29.2 Å². The third-order valence-corrected chi connectivity index (χ3v) is 6.70. The van der Waals surface area contributed by atoms with E-state index in [9.17, 15) is 5.11 Å². The van der Waals surface area contributed by atoms with Crippen LogP contribution in [0.5, 0.6) is 5.75 Å². The molecule has 35 heavy (non-hydrogen) atoms. The lowest BCUT2D eigenvalue weighted by Crippen LogP contribution is -2.48. The topological polar surface area (TPSA) is 45.2 Å². The highest BCUT2D eigenvalue weighted by molar-refractivity contribution is 5.35. The fourth-order valence-electron chi connectivity index (χ4n) is 4.73. The Morgan fingerprint density at radius 1 is 0.771 bits per heavy atom. The van der Waals surface area contributed by atoms with Gasteiger partial charge in [-0.2, -0.15) is 0 Å². The van der Waals surface area contributed by atoms with E-state index in [0.29, 0.717) is 6.54 Å². The van der Waals surface area contributed by atoms with E-state index in [1.165, 1.54) is 11.1 Å². The molecule has 186 valence electrons. The standard InChI is InChI=1S/C30H38N2O3/c1-34-29(17-16-25-10-4-2-5-11-25)28-14-8-9-15-30(28)35-24-27(33)23-32-20-18-31(19-21-32)22-26-12-6-3-7-13-26/h2-15,27,29,33H,16-24H2,1H3/t27-,29+/m1/s1. The number of rotatable bonds is 12. The fourth-order valence-corrected chi connectivity index (χ4v) is 4.73. The number of aliphatic hydroxyl groups excluding tert-OH is 1. The van der Waals surface area contributed by atoms with Gasteiger partial charge in [-0.3, -0.25) is 9.80 Å². The predicted molar refractivity (Wildman–Crippen MR) is 141 cm³/mol. The van der Waals surface area contributed by atoms with Crippen LogP contribution in [0, 0.1) is 0 Å². The number of piperazine rings is 1. The first-order chi connectivity index (χ1) is 17.2. The Hall–Kier alpha value is -2.70. The number of aliphatic hydroxyl groups is 1. The van der Waals surface area contributed by atoms with Crippen LogP contribution in [0.15, 0.2) is 84.9 Å². The average molecular weight is 475 g/mol. The number of benzene rings is 3. The Morgan fingerprint density at radius 2 is 1.37 bits per heavy atom. The highest BCUT2D eigenvalue weighted by Crippen LogP contribution is 2.30. The maximum Gasteiger partial charge on any atom is 0.125 e. The Morgan fingerprint density at radius 3 is 2.06 bits per heavy atom. The molecular formula is C30H38N2O3. The number of β-amino-alcohol motifs (C(OH)–C–C–N with tert-alkyl or cyclic N) is 1. The molecule has 4 rings (SSSR count). The Balaban J connectivity index is 1.23. The first kappa shape index (κ1) is 25.4. The van der Waals surface area contributed by atoms with E-state index >= 15 is 0 Å². The van der Waals surface area contributed by atoms with Crippen molar-refractivity contribution in [3.05, 3.63) is 102 Å². The summed E-state index contributed by atoms with van der Waals surface area (Å²) in [6.45, 7) is 5.85. The van der Waals surface area contributed by atoms with E-state index in [4.69, 9.17) is 9.47 Å². The fraction of sp³-hybridized carbons (Fsp3) is 0.400. The average Bonchev–Trinajstić information content (AvgIpc) is 2.91. The Labute approximate surface area is 209 Å². The van der Waals surface area contributed by atoms with Crippen LogP contribution in [0.4, 0.5) is 0 Å². The largest absolute Gasteiger partial charge is 0.490 e. The van der Waals surface area contributed by atoms with Crippen LogP contribution in [0.3, 0.4) is 0 Å². The zero-order chi connectivity index (χ0) is 24.3. The van der Waals surface area contributed by atoms with Gasteiger partial charge in [-0.1, -0.05) is 78.9 Å². The van der Waals surface area contributed by atoms with E-state index in [2.05, 4.69) is 70.5 Å². The van der Waals surface area contributed by atoms with Crippen LogP contribution in [-0.4, -0.2) is 67.5 Å². The molecule has 0 radical (unpaired) electrons. The van der Waals surface area contributed by atoms with Crippen molar-refractivity contribution in [2.45, 2.75) is 31.6 Å². The van der Waals surface area contributed by atoms with Crippen LogP contribution in [-0.2, 0) is 17.7 Å². The van der Waals surface area contributed by atoms with Crippen LogP contribution in [0.2, 0.25) is 0 Å². The summed E-state index contributed by atoms with van der Waals surface area (Å²) in [5.41, 5.74) is 3.69. The molecule has 5 heteroatoms. The SMILES string of the molecule is CO[C@@H](CCc1ccccc1)c1ccccc1OC[C@H](O)CN1CCN(Cc2ccccc2)CC1. The van der Waals surface area contributed by atoms with Crippen molar-refractivity contribution in [2.24, 2.45) is 0 Å². The zero-order valence-corrected chi connectivity index (χ0v) is 20.8. The first-order valence-electron chi connectivity index (χ1n) is 12.7. The summed E-state index contributed by atoms with van der Waals surface area (Å²) < 4.78 is 11.9. The minimum absolute atomic E-state index is 0.0544. The molecule has 5 nitrogen and oxygen atoms in total. The van der Waals surface area contributed by atoms with Crippen molar-refractivity contribution in [2.75, 3.05) is 46.4 Å². The van der Waals surface area contributed by atoms with Gasteiger partial charge in [0.1, 0.15) is 18.5 Å². The summed E-state index contributed by atoms with van der Waals surface area (Å²) in [6.07, 6.45) is 1.22. The maximum absolute atomic E-state index is 10.7. The predicted octanol–water partition coefficient (Wildman–Crippen LogP) is 4.56. The summed E-state index contributed by atoms with van der Waals surface area (Å²) in [7, 11) is 1.75. The summed E-state index contributed by atoms with van der Waals surface area (Å²) >= 11 is 0. The van der Waals surface area contributed by atoms with Crippen molar-refractivity contribution in [3.63, 3.8) is 0 Å². The number of hydrogen-bond donors (Lipinski definition) is 1. The minimum atomic E-state index is -0.533. The molecule has 1 saturated heterocycles. The smallest absolute Gasteiger partial charge is 0.125 e. The van der Waals surface area contributed by atoms with Gasteiger partial charge in [0.15, 0.2) is 0 Å². The lowest BCUT2D eigenvalue weighted by Gasteiger charge is -2.35. The van der Waals surface area contributed by atoms with Gasteiger partial charge in [-0.25, -0.2) is 0 Å². The van der Waals surface area contributed by atoms with Gasteiger partial charge in [0.25, 0.3) is 0 Å². The molecule has 0 amide bonds. The highest BCUT2D eigenvalue weighted by atomic mass is 16.5. The third-order valence-electron chi connectivity index (χ3n) is 6.70. The summed E-state index contributed by atoms with van der Waals surface area (Å²) in [5.74, 6) is 0.791. The van der Waals surface area contributed by atoms with Gasteiger partial charge in [-0.05, 0) is 30.0 Å². The van der Waals surface area contributed by atoms with Crippen LogP contribution >= 0.6 is 0 Å². The van der Waals surface area contributed by atoms with Crippen LogP contribution in [0.25, 0.3) is 0 Å². The molecule has 0 saturated carbocycles. The number of para-hydroxylation sites is 1. The molecule has 0 unspecified atom stereocenters. The Kier molecular flexibility index (Phi) is 9.73. The molecule has 1 N–H and O–H groups in total. The quantitative estimate of drug-likeness (QED) is 0.417. The van der Waals surface area contributed by atoms with E-state index < -0.39 is 6.10 Å². The van der Waals surface area contributed by atoms with Crippen molar-refractivity contribution in [1.82, 2.24) is 9.80 Å². The Bertz CT molecular complexity index is 991. The van der Waals surface area contributed by atoms with Crippen LogP contribution < -0.4 is 4.74 Å². The normalized spacial score (nSPS) is 16.6. The molecule has 0 aliphatic carbocycles. The molecule has 2 atom stereocenters. The van der Waals surface area contributed by atoms with Gasteiger partial charge in [-0.15, -0.1) is 0 Å². The number of nitrogens with zero attached hydrogens (tertiary/aromatic N) is 2. The molecule has 1 aliphatic rings. The van der Waals surface area contributed by atoms with Crippen molar-refractivity contribution >= 4 is 0 Å². The molecule has 3 aromatic carbocycles. The summed E-state index contributed by atoms with van der Waals surface area (Å²) in [6, 6.07) is 29.1. The van der Waals surface area contributed by atoms with Gasteiger partial charge in [0.2, 0.25) is 0 Å². The second kappa shape index (κ2) is 13.4. The molecule has 3 aromatic rings. The van der Waals surface area contributed by atoms with Gasteiger partial charge < -0.3 is 14.6 Å². The molecule has 0 spiro atoms. The van der Waals surface area contributed by atoms with E-state index in [1.807, 2.05) is 24.3 Å². The molecule has 1 fully saturated rings. The zero-order valence-electron chi connectivity index (χ0n) is 20.8. The van der Waals surface area contributed by atoms with E-state index in [0.717, 1.165) is 56.9 Å². The number of ether oxygens (including phenoxy) is 2. The van der Waals surface area contributed by atoms with Crippen molar-refractivity contribution in [3.8, 4) is 5.75 Å².